The zero-order valence-electron chi connectivity index (χ0n) is 31.5. The van der Waals surface area contributed by atoms with Crippen LogP contribution < -0.4 is 14.5 Å². The predicted molar refractivity (Wildman–Crippen MR) is 220 cm³/mol. The molecule has 0 bridgehead atoms. The lowest BCUT2D eigenvalue weighted by molar-refractivity contribution is -0.131. The molecule has 290 valence electrons. The number of aromatic nitrogens is 2. The Kier molecular flexibility index (Phi) is 8.69. The maximum absolute atomic E-state index is 15.2. The van der Waals surface area contributed by atoms with Crippen LogP contribution in [0.25, 0.3) is 20.7 Å². The summed E-state index contributed by atoms with van der Waals surface area (Å²) in [6.45, 7) is 5.25. The smallest absolute Gasteiger partial charge is 0.242 e. The van der Waals surface area contributed by atoms with Crippen LogP contribution in [0.4, 0.5) is 11.5 Å². The fourth-order valence-corrected chi connectivity index (χ4v) is 11.6. The number of hydrogen-bond acceptors (Lipinski definition) is 9. The summed E-state index contributed by atoms with van der Waals surface area (Å²) >= 11 is 11.3. The zero-order chi connectivity index (χ0) is 40.4. The number of carbonyl (C=O) groups is 5. The van der Waals surface area contributed by atoms with E-state index in [-0.39, 0.29) is 41.9 Å². The number of thiophene rings is 1. The number of imide groups is 2. The highest BCUT2D eigenvalue weighted by Crippen LogP contribution is 2.64. The van der Waals surface area contributed by atoms with Gasteiger partial charge in [-0.1, -0.05) is 23.3 Å². The minimum Gasteiger partial charge on any atom is -0.503 e. The van der Waals surface area contributed by atoms with Gasteiger partial charge >= 0.3 is 0 Å². The quantitative estimate of drug-likeness (QED) is 0.102. The van der Waals surface area contributed by atoms with Crippen molar-refractivity contribution in [1.82, 2.24) is 9.78 Å². The molecule has 11 nitrogen and oxygen atoms in total. The van der Waals surface area contributed by atoms with E-state index in [0.29, 0.717) is 37.8 Å². The second-order valence-corrected chi connectivity index (χ2v) is 17.9. The van der Waals surface area contributed by atoms with Gasteiger partial charge in [0, 0.05) is 34.3 Å². The molecule has 2 aliphatic carbocycles. The number of phenolic OH excluding ortho intramolecular Hbond substituents is 1. The summed E-state index contributed by atoms with van der Waals surface area (Å²) in [7, 11) is 3.14. The lowest BCUT2D eigenvalue weighted by atomic mass is 9.51. The third-order valence-corrected chi connectivity index (χ3v) is 14.8. The molecular formula is C43H36BrClN4O7S. The SMILES string of the molecule is COc1cc([C@H]2C3=CC[C@@H]4C(=O)N(c5ccc(C(C)=O)cc5)C(=O)[C@@H]4[C@@H]3C[C@H]3C(=O)N(c4cc(-c5sc6ccc(Cl)cc6c5C)nn4C)C(=O)[C@@]23C)cc(Br)c1O. The van der Waals surface area contributed by atoms with Crippen molar-refractivity contribution in [1.29, 1.82) is 0 Å². The number of hydrogen-bond donors (Lipinski definition) is 1. The van der Waals surface area contributed by atoms with Crippen molar-refractivity contribution in [2.45, 2.75) is 39.5 Å². The van der Waals surface area contributed by atoms with Gasteiger partial charge in [0.05, 0.1) is 45.3 Å². The first-order valence-electron chi connectivity index (χ1n) is 18.5. The van der Waals surface area contributed by atoms with Crippen molar-refractivity contribution in [3.8, 4) is 22.1 Å². The number of Topliss-reactive ketones (excluding diaryl/α,β-unsaturated/α-hetero) is 1. The van der Waals surface area contributed by atoms with Gasteiger partial charge in [0.1, 0.15) is 11.5 Å². The molecule has 0 unspecified atom stereocenters. The number of ketones is 1. The number of methoxy groups -OCH3 is 1. The molecule has 3 fully saturated rings. The van der Waals surface area contributed by atoms with Crippen molar-refractivity contribution in [2.75, 3.05) is 16.9 Å². The number of fused-ring (bicyclic) bond motifs is 5. The van der Waals surface area contributed by atoms with Gasteiger partial charge in [-0.15, -0.1) is 11.3 Å². The normalized spacial score (nSPS) is 25.5. The number of nitrogens with zero attached hydrogens (tertiary/aromatic N) is 4. The van der Waals surface area contributed by atoms with Crippen molar-refractivity contribution < 1.29 is 33.8 Å². The van der Waals surface area contributed by atoms with Gasteiger partial charge in [0.15, 0.2) is 17.3 Å². The highest BCUT2D eigenvalue weighted by Gasteiger charge is 2.68. The molecule has 3 aromatic carbocycles. The monoisotopic (exact) mass is 866 g/mol. The number of carbonyl (C=O) groups excluding carboxylic acids is 5. The van der Waals surface area contributed by atoms with Gasteiger partial charge in [-0.2, -0.15) is 5.10 Å². The van der Waals surface area contributed by atoms with E-state index in [4.69, 9.17) is 21.4 Å². The first-order valence-corrected chi connectivity index (χ1v) is 20.5. The molecule has 1 saturated carbocycles. The van der Waals surface area contributed by atoms with Crippen molar-refractivity contribution in [2.24, 2.45) is 36.1 Å². The Balaban J connectivity index is 1.16. The van der Waals surface area contributed by atoms with Crippen molar-refractivity contribution >= 4 is 89.9 Å². The molecule has 2 aromatic heterocycles. The molecule has 9 rings (SSSR count). The van der Waals surface area contributed by atoms with Crippen LogP contribution in [0.3, 0.4) is 0 Å². The summed E-state index contributed by atoms with van der Waals surface area (Å²) in [5.41, 5.74) is 2.49. The number of halogens is 2. The first-order chi connectivity index (χ1) is 27.1. The van der Waals surface area contributed by atoms with Gasteiger partial charge in [-0.05, 0) is 127 Å². The van der Waals surface area contributed by atoms with Gasteiger partial charge < -0.3 is 9.84 Å². The molecule has 14 heteroatoms. The Morgan fingerprint density at radius 1 is 1.00 bits per heavy atom. The van der Waals surface area contributed by atoms with E-state index in [2.05, 4.69) is 15.9 Å². The van der Waals surface area contributed by atoms with Crippen LogP contribution in [0.15, 0.2) is 76.8 Å². The Labute approximate surface area is 345 Å². The van der Waals surface area contributed by atoms with Crippen LogP contribution in [-0.4, -0.2) is 51.4 Å². The minimum atomic E-state index is -1.34. The lowest BCUT2D eigenvalue weighted by Gasteiger charge is -2.49. The summed E-state index contributed by atoms with van der Waals surface area (Å²) in [4.78, 5) is 74.1. The first kappa shape index (κ1) is 37.5. The number of aromatic hydroxyl groups is 1. The fraction of sp³-hybridized carbons (Fsp3) is 0.302. The van der Waals surface area contributed by atoms with E-state index in [0.717, 1.165) is 26.1 Å². The highest BCUT2D eigenvalue weighted by atomic mass is 79.9. The van der Waals surface area contributed by atoms with E-state index in [9.17, 15) is 24.3 Å². The second-order valence-electron chi connectivity index (χ2n) is 15.5. The zero-order valence-corrected chi connectivity index (χ0v) is 34.7. The molecule has 2 aliphatic heterocycles. The van der Waals surface area contributed by atoms with Gasteiger partial charge in [-0.25, -0.2) is 4.90 Å². The summed E-state index contributed by atoms with van der Waals surface area (Å²) < 4.78 is 8.48. The predicted octanol–water partition coefficient (Wildman–Crippen LogP) is 8.38. The van der Waals surface area contributed by atoms with Crippen molar-refractivity contribution in [3.63, 3.8) is 0 Å². The van der Waals surface area contributed by atoms with E-state index in [1.54, 1.807) is 72.5 Å². The average molecular weight is 868 g/mol. The van der Waals surface area contributed by atoms with E-state index < -0.39 is 46.8 Å². The van der Waals surface area contributed by atoms with Crippen LogP contribution in [0.1, 0.15) is 54.1 Å². The molecule has 4 heterocycles. The summed E-state index contributed by atoms with van der Waals surface area (Å²) in [5, 5.41) is 17.3. The molecule has 4 amide bonds. The number of ether oxygens (including phenoxy) is 1. The third kappa shape index (κ3) is 5.34. The molecule has 4 aliphatic rings. The van der Waals surface area contributed by atoms with E-state index in [1.807, 2.05) is 31.2 Å². The van der Waals surface area contributed by atoms with Gasteiger partial charge in [-0.3, -0.25) is 33.6 Å². The Hall–Kier alpha value is -5.11. The highest BCUT2D eigenvalue weighted by molar-refractivity contribution is 9.10. The Morgan fingerprint density at radius 3 is 2.44 bits per heavy atom. The average Bonchev–Trinajstić information content (AvgIpc) is 3.86. The molecule has 0 spiro atoms. The molecule has 5 aromatic rings. The van der Waals surface area contributed by atoms with Crippen LogP contribution >= 0.6 is 38.9 Å². The number of aryl methyl sites for hydroxylation is 2. The maximum atomic E-state index is 15.2. The maximum Gasteiger partial charge on any atom is 0.242 e. The topological polar surface area (TPSA) is 139 Å². The molecule has 1 N–H and O–H groups in total. The number of rotatable bonds is 6. The van der Waals surface area contributed by atoms with Crippen LogP contribution in [0, 0.1) is 36.0 Å². The fourth-order valence-electron chi connectivity index (χ4n) is 9.84. The molecule has 57 heavy (non-hydrogen) atoms. The number of benzene rings is 3. The standard InChI is InChI=1S/C43H36BrClN4O7S/c1-19-27-16-23(45)8-13-33(27)57-38(19)31-18-34(47(4)46-31)49-40(53)29-17-28-25(36(43(29,3)42(49)55)22-14-30(44)37(51)32(15-22)56-5)11-12-26-35(28)41(54)48(39(26)52)24-9-6-21(7-10-24)20(2)50/h6-11,13-16,18,26,28-29,35-36,51H,12,17H2,1-5H3/t26-,28+,29-,35-,36-,43+/m0/s1. The van der Waals surface area contributed by atoms with Crippen LogP contribution in [0.2, 0.25) is 5.02 Å². The lowest BCUT2D eigenvalue weighted by Crippen LogP contribution is -2.49. The largest absolute Gasteiger partial charge is 0.503 e. The van der Waals surface area contributed by atoms with Crippen LogP contribution in [0.5, 0.6) is 11.5 Å². The van der Waals surface area contributed by atoms with Crippen molar-refractivity contribution in [3.05, 3.63) is 98.5 Å². The summed E-state index contributed by atoms with van der Waals surface area (Å²) in [6.07, 6.45) is 2.39. The molecule has 2 saturated heterocycles. The third-order valence-electron chi connectivity index (χ3n) is 12.6. The van der Waals surface area contributed by atoms with Gasteiger partial charge in [0.2, 0.25) is 23.6 Å². The number of phenols is 1. The number of amides is 4. The van der Waals surface area contributed by atoms with E-state index >= 15 is 4.79 Å². The van der Waals surface area contributed by atoms with Crippen LogP contribution in [-0.2, 0) is 26.2 Å². The summed E-state index contributed by atoms with van der Waals surface area (Å²) in [5.74, 6) is -4.95. The Morgan fingerprint density at radius 2 is 1.74 bits per heavy atom. The molecular weight excluding hydrogens is 832 g/mol. The Bertz CT molecular complexity index is 2670. The molecule has 6 atom stereocenters. The number of allylic oxidation sites excluding steroid dienone is 2. The number of anilines is 2. The minimum absolute atomic E-state index is 0.118. The van der Waals surface area contributed by atoms with E-state index in [1.165, 1.54) is 23.8 Å². The summed E-state index contributed by atoms with van der Waals surface area (Å²) in [6, 6.07) is 17.3. The molecule has 0 radical (unpaired) electrons. The second kappa shape index (κ2) is 13.2. The van der Waals surface area contributed by atoms with Gasteiger partial charge in [0.25, 0.3) is 0 Å².